The highest BCUT2D eigenvalue weighted by molar-refractivity contribution is 9.10. The Bertz CT molecular complexity index is 447. The van der Waals surface area contributed by atoms with Gasteiger partial charge in [0.15, 0.2) is 0 Å². The lowest BCUT2D eigenvalue weighted by Gasteiger charge is -2.27. The van der Waals surface area contributed by atoms with Crippen molar-refractivity contribution >= 4 is 15.9 Å². The number of hydrogen-bond donors (Lipinski definition) is 1. The first-order valence-electron chi connectivity index (χ1n) is 8.17. The Hall–Kier alpha value is -0.380. The molecule has 0 aliphatic heterocycles. The van der Waals surface area contributed by atoms with Gasteiger partial charge in [0.2, 0.25) is 0 Å². The normalized spacial score (nSPS) is 22.7. The molecule has 1 aromatic rings. The number of rotatable bonds is 6. The second kappa shape index (κ2) is 8.30. The largest absolute Gasteiger partial charge is 0.373 e. The Labute approximate surface area is 137 Å². The van der Waals surface area contributed by atoms with Crippen LogP contribution in [0.3, 0.4) is 0 Å². The van der Waals surface area contributed by atoms with Gasteiger partial charge in [-0.15, -0.1) is 0 Å². The predicted octanol–water partition coefficient (Wildman–Crippen LogP) is 5.04. The quantitative estimate of drug-likeness (QED) is 0.773. The molecule has 0 aromatic heterocycles. The Morgan fingerprint density at radius 1 is 1.33 bits per heavy atom. The summed E-state index contributed by atoms with van der Waals surface area (Å²) in [5.74, 6) is 0.816. The molecule has 1 aromatic carbocycles. The Morgan fingerprint density at radius 3 is 2.81 bits per heavy atom. The van der Waals surface area contributed by atoms with Crippen molar-refractivity contribution in [2.45, 2.75) is 71.8 Å². The van der Waals surface area contributed by atoms with Gasteiger partial charge in [0.25, 0.3) is 0 Å². The van der Waals surface area contributed by atoms with Crippen molar-refractivity contribution in [1.29, 1.82) is 0 Å². The summed E-state index contributed by atoms with van der Waals surface area (Å²) in [5, 5.41) is 3.44. The van der Waals surface area contributed by atoms with Crippen LogP contribution in [0.15, 0.2) is 22.7 Å². The van der Waals surface area contributed by atoms with E-state index in [0.717, 1.165) is 23.5 Å². The van der Waals surface area contributed by atoms with Crippen LogP contribution in [0.4, 0.5) is 0 Å². The van der Waals surface area contributed by atoms with E-state index < -0.39 is 0 Å². The molecule has 0 heterocycles. The van der Waals surface area contributed by atoms with Crippen LogP contribution in [0.25, 0.3) is 0 Å². The first kappa shape index (κ1) is 17.0. The molecule has 21 heavy (non-hydrogen) atoms. The maximum atomic E-state index is 6.11. The number of nitrogens with one attached hydrogen (secondary N) is 1. The van der Waals surface area contributed by atoms with Crippen LogP contribution < -0.4 is 5.32 Å². The van der Waals surface area contributed by atoms with Crippen molar-refractivity contribution < 1.29 is 4.74 Å². The second-order valence-corrected chi connectivity index (χ2v) is 7.52. The fourth-order valence-corrected chi connectivity index (χ4v) is 3.42. The fraction of sp³-hybridized carbons (Fsp3) is 0.667. The zero-order chi connectivity index (χ0) is 15.2. The SMILES string of the molecule is CC1CCCC(OCc2ccc(CNC(C)C)cc2Br)C1. The average Bonchev–Trinajstić information content (AvgIpc) is 2.44. The molecular weight excluding hydrogens is 326 g/mol. The summed E-state index contributed by atoms with van der Waals surface area (Å²) in [6.07, 6.45) is 5.56. The van der Waals surface area contributed by atoms with Crippen molar-refractivity contribution in [3.8, 4) is 0 Å². The van der Waals surface area contributed by atoms with E-state index in [-0.39, 0.29) is 0 Å². The van der Waals surface area contributed by atoms with Crippen molar-refractivity contribution in [1.82, 2.24) is 5.32 Å². The Kier molecular flexibility index (Phi) is 6.72. The molecule has 2 unspecified atom stereocenters. The van der Waals surface area contributed by atoms with Crippen LogP contribution in [0.2, 0.25) is 0 Å². The summed E-state index contributed by atoms with van der Waals surface area (Å²) < 4.78 is 7.27. The number of halogens is 1. The number of ether oxygens (including phenoxy) is 1. The van der Waals surface area contributed by atoms with Crippen LogP contribution in [0.5, 0.6) is 0 Å². The zero-order valence-electron chi connectivity index (χ0n) is 13.5. The smallest absolute Gasteiger partial charge is 0.0731 e. The maximum Gasteiger partial charge on any atom is 0.0731 e. The molecule has 1 fully saturated rings. The van der Waals surface area contributed by atoms with Gasteiger partial charge in [-0.2, -0.15) is 0 Å². The van der Waals surface area contributed by atoms with Gasteiger partial charge in [0.05, 0.1) is 12.7 Å². The van der Waals surface area contributed by atoms with E-state index in [1.807, 2.05) is 0 Å². The highest BCUT2D eigenvalue weighted by Crippen LogP contribution is 2.27. The summed E-state index contributed by atoms with van der Waals surface area (Å²) >= 11 is 3.68. The van der Waals surface area contributed by atoms with Gasteiger partial charge in [-0.25, -0.2) is 0 Å². The first-order valence-corrected chi connectivity index (χ1v) is 8.96. The molecule has 0 radical (unpaired) electrons. The summed E-state index contributed by atoms with van der Waals surface area (Å²) in [4.78, 5) is 0. The van der Waals surface area contributed by atoms with Crippen molar-refractivity contribution in [2.24, 2.45) is 5.92 Å². The summed E-state index contributed by atoms with van der Waals surface area (Å²) in [6, 6.07) is 7.10. The predicted molar refractivity (Wildman–Crippen MR) is 92.3 cm³/mol. The monoisotopic (exact) mass is 353 g/mol. The molecule has 0 saturated heterocycles. The molecule has 0 bridgehead atoms. The van der Waals surface area contributed by atoms with Gasteiger partial charge in [0.1, 0.15) is 0 Å². The molecular formula is C18H28BrNO. The lowest BCUT2D eigenvalue weighted by molar-refractivity contribution is 0.00443. The lowest BCUT2D eigenvalue weighted by Crippen LogP contribution is -2.22. The highest BCUT2D eigenvalue weighted by atomic mass is 79.9. The van der Waals surface area contributed by atoms with Gasteiger partial charge in [0, 0.05) is 17.1 Å². The van der Waals surface area contributed by atoms with Gasteiger partial charge in [-0.3, -0.25) is 0 Å². The molecule has 0 amide bonds. The third-order valence-electron chi connectivity index (χ3n) is 4.19. The van der Waals surface area contributed by atoms with E-state index in [4.69, 9.17) is 4.74 Å². The van der Waals surface area contributed by atoms with E-state index in [1.54, 1.807) is 0 Å². The van der Waals surface area contributed by atoms with Crippen LogP contribution in [0, 0.1) is 5.92 Å². The van der Waals surface area contributed by atoms with E-state index in [1.165, 1.54) is 36.8 Å². The van der Waals surface area contributed by atoms with Crippen LogP contribution in [0.1, 0.15) is 57.6 Å². The topological polar surface area (TPSA) is 21.3 Å². The lowest BCUT2D eigenvalue weighted by atomic mass is 9.89. The summed E-state index contributed by atoms with van der Waals surface area (Å²) in [5.41, 5.74) is 2.56. The third kappa shape index (κ3) is 5.72. The minimum atomic E-state index is 0.447. The molecule has 1 aliphatic rings. The van der Waals surface area contributed by atoms with Crippen molar-refractivity contribution in [2.75, 3.05) is 0 Å². The molecule has 1 saturated carbocycles. The van der Waals surface area contributed by atoms with Gasteiger partial charge < -0.3 is 10.1 Å². The zero-order valence-corrected chi connectivity index (χ0v) is 15.1. The van der Waals surface area contributed by atoms with E-state index in [0.29, 0.717) is 12.1 Å². The maximum absolute atomic E-state index is 6.11. The number of hydrogen-bond acceptors (Lipinski definition) is 2. The Balaban J connectivity index is 1.85. The molecule has 2 nitrogen and oxygen atoms in total. The molecule has 2 atom stereocenters. The van der Waals surface area contributed by atoms with Gasteiger partial charge in [-0.1, -0.05) is 61.7 Å². The van der Waals surface area contributed by atoms with Crippen LogP contribution >= 0.6 is 15.9 Å². The van der Waals surface area contributed by atoms with Gasteiger partial charge in [-0.05, 0) is 36.0 Å². The minimum absolute atomic E-state index is 0.447. The van der Waals surface area contributed by atoms with Crippen molar-refractivity contribution in [3.05, 3.63) is 33.8 Å². The standard InChI is InChI=1S/C18H28BrNO/c1-13(2)20-11-15-7-8-16(18(19)10-15)12-21-17-6-4-5-14(3)9-17/h7-8,10,13-14,17,20H,4-6,9,11-12H2,1-3H3. The molecule has 1 N–H and O–H groups in total. The molecule has 118 valence electrons. The van der Waals surface area contributed by atoms with Crippen molar-refractivity contribution in [3.63, 3.8) is 0 Å². The summed E-state index contributed by atoms with van der Waals surface area (Å²) in [7, 11) is 0. The minimum Gasteiger partial charge on any atom is -0.373 e. The average molecular weight is 354 g/mol. The molecule has 0 spiro atoms. The Morgan fingerprint density at radius 2 is 2.14 bits per heavy atom. The number of benzene rings is 1. The first-order chi connectivity index (χ1) is 10.0. The van der Waals surface area contributed by atoms with Gasteiger partial charge >= 0.3 is 0 Å². The van der Waals surface area contributed by atoms with E-state index in [2.05, 4.69) is 60.2 Å². The second-order valence-electron chi connectivity index (χ2n) is 6.67. The third-order valence-corrected chi connectivity index (χ3v) is 4.93. The van der Waals surface area contributed by atoms with E-state index in [9.17, 15) is 0 Å². The molecule has 1 aliphatic carbocycles. The van der Waals surface area contributed by atoms with E-state index >= 15 is 0 Å². The van der Waals surface area contributed by atoms with Crippen LogP contribution in [-0.4, -0.2) is 12.1 Å². The molecule has 2 rings (SSSR count). The molecule has 3 heteroatoms. The van der Waals surface area contributed by atoms with Crippen LogP contribution in [-0.2, 0) is 17.9 Å². The fourth-order valence-electron chi connectivity index (χ4n) is 2.88. The highest BCUT2D eigenvalue weighted by Gasteiger charge is 2.19. The summed E-state index contributed by atoms with van der Waals surface area (Å²) in [6.45, 7) is 8.31.